The first-order valence-electron chi connectivity index (χ1n) is 8.87. The predicted octanol–water partition coefficient (Wildman–Crippen LogP) is -0.665. The molecule has 12 nitrogen and oxygen atoms in total. The van der Waals surface area contributed by atoms with Gasteiger partial charge in [0.25, 0.3) is 11.1 Å². The van der Waals surface area contributed by atoms with E-state index < -0.39 is 6.04 Å². The Morgan fingerprint density at radius 2 is 1.82 bits per heavy atom. The maximum Gasteiger partial charge on any atom is 0.277 e. The minimum atomic E-state index is -0.392. The summed E-state index contributed by atoms with van der Waals surface area (Å²) in [7, 11) is 0. The maximum absolute atomic E-state index is 12.9. The Hall–Kier alpha value is -3.41. The van der Waals surface area contributed by atoms with Crippen LogP contribution in [0.15, 0.2) is 26.8 Å². The van der Waals surface area contributed by atoms with Crippen LogP contribution in [-0.2, 0) is 6.54 Å². The summed E-state index contributed by atoms with van der Waals surface area (Å²) in [6.45, 7) is 4.53. The summed E-state index contributed by atoms with van der Waals surface area (Å²) >= 11 is 0. The first-order chi connectivity index (χ1) is 13.5. The number of rotatable bonds is 7. The van der Waals surface area contributed by atoms with Gasteiger partial charge < -0.3 is 5.84 Å². The SMILES string of the molecule is CCCCn1nnc2cc3c(=O)n([C@H](C)CN(N)/C=N\N)nnc3cc2c1=O. The lowest BCUT2D eigenvalue weighted by atomic mass is 10.2. The Kier molecular flexibility index (Phi) is 5.59. The molecular formula is C16H22N10O2. The first-order valence-corrected chi connectivity index (χ1v) is 8.87. The molecule has 2 aromatic heterocycles. The predicted molar refractivity (Wildman–Crippen MR) is 104 cm³/mol. The van der Waals surface area contributed by atoms with Crippen molar-refractivity contribution in [1.82, 2.24) is 35.0 Å². The molecule has 2 heterocycles. The van der Waals surface area contributed by atoms with E-state index in [1.54, 1.807) is 6.92 Å². The molecule has 0 amide bonds. The van der Waals surface area contributed by atoms with E-state index in [2.05, 4.69) is 25.7 Å². The van der Waals surface area contributed by atoms with Crippen LogP contribution >= 0.6 is 0 Å². The fourth-order valence-electron chi connectivity index (χ4n) is 2.88. The number of nitrogens with zero attached hydrogens (tertiary/aromatic N) is 8. The Balaban J connectivity index is 2.07. The van der Waals surface area contributed by atoms with Crippen molar-refractivity contribution in [3.8, 4) is 0 Å². The van der Waals surface area contributed by atoms with Crippen LogP contribution in [0.2, 0.25) is 0 Å². The van der Waals surface area contributed by atoms with Crippen molar-refractivity contribution in [2.75, 3.05) is 6.54 Å². The van der Waals surface area contributed by atoms with Crippen LogP contribution in [0.5, 0.6) is 0 Å². The third-order valence-electron chi connectivity index (χ3n) is 4.36. The molecule has 0 saturated carbocycles. The van der Waals surface area contributed by atoms with E-state index in [1.807, 2.05) is 6.92 Å². The molecule has 1 aromatic carbocycles. The number of fused-ring (bicyclic) bond motifs is 2. The average molecular weight is 386 g/mol. The van der Waals surface area contributed by atoms with Crippen LogP contribution in [0, 0.1) is 0 Å². The zero-order chi connectivity index (χ0) is 20.3. The molecular weight excluding hydrogens is 364 g/mol. The summed E-state index contributed by atoms with van der Waals surface area (Å²) < 4.78 is 2.54. The molecule has 28 heavy (non-hydrogen) atoms. The van der Waals surface area contributed by atoms with Gasteiger partial charge in [-0.15, -0.1) is 10.2 Å². The van der Waals surface area contributed by atoms with Crippen molar-refractivity contribution in [2.24, 2.45) is 16.8 Å². The maximum atomic E-state index is 12.9. The van der Waals surface area contributed by atoms with Crippen LogP contribution < -0.4 is 22.8 Å². The lowest BCUT2D eigenvalue weighted by Crippen LogP contribution is -2.38. The summed E-state index contributed by atoms with van der Waals surface area (Å²) in [5, 5.41) is 21.3. The van der Waals surface area contributed by atoms with Gasteiger partial charge in [0.05, 0.1) is 23.4 Å². The smallest absolute Gasteiger partial charge is 0.277 e. The van der Waals surface area contributed by atoms with Gasteiger partial charge >= 0.3 is 0 Å². The topological polar surface area (TPSA) is 163 Å². The van der Waals surface area contributed by atoms with Crippen molar-refractivity contribution in [1.29, 1.82) is 0 Å². The van der Waals surface area contributed by atoms with E-state index in [4.69, 9.17) is 11.7 Å². The second kappa shape index (κ2) is 8.08. The Morgan fingerprint density at radius 3 is 2.46 bits per heavy atom. The Morgan fingerprint density at radius 1 is 1.18 bits per heavy atom. The second-order valence-corrected chi connectivity index (χ2v) is 6.51. The molecule has 12 heteroatoms. The molecule has 0 saturated heterocycles. The fraction of sp³-hybridized carbons (Fsp3) is 0.438. The van der Waals surface area contributed by atoms with Gasteiger partial charge in [-0.2, -0.15) is 5.10 Å². The van der Waals surface area contributed by atoms with E-state index in [-0.39, 0.29) is 17.7 Å². The fourth-order valence-corrected chi connectivity index (χ4v) is 2.88. The molecule has 148 valence electrons. The van der Waals surface area contributed by atoms with E-state index in [0.717, 1.165) is 12.8 Å². The zero-order valence-corrected chi connectivity index (χ0v) is 15.7. The Bertz CT molecular complexity index is 1140. The van der Waals surface area contributed by atoms with Gasteiger partial charge in [0.1, 0.15) is 17.4 Å². The van der Waals surface area contributed by atoms with Crippen molar-refractivity contribution in [3.63, 3.8) is 0 Å². The normalized spacial score (nSPS) is 12.8. The summed E-state index contributed by atoms with van der Waals surface area (Å²) in [5.41, 5.74) is 0.0282. The molecule has 0 fully saturated rings. The lowest BCUT2D eigenvalue weighted by Gasteiger charge is -2.18. The molecule has 3 rings (SSSR count). The average Bonchev–Trinajstić information content (AvgIpc) is 2.67. The minimum absolute atomic E-state index is 0.246. The van der Waals surface area contributed by atoms with Crippen molar-refractivity contribution < 1.29 is 0 Å². The highest BCUT2D eigenvalue weighted by molar-refractivity contribution is 5.93. The highest BCUT2D eigenvalue weighted by Gasteiger charge is 2.16. The number of unbranched alkanes of at least 4 members (excludes halogenated alkanes) is 1. The number of hydrazone groups is 1. The number of hydrogen-bond donors (Lipinski definition) is 2. The number of benzene rings is 1. The summed E-state index contributed by atoms with van der Waals surface area (Å²) in [5.74, 6) is 10.8. The van der Waals surface area contributed by atoms with Gasteiger partial charge in [-0.05, 0) is 25.5 Å². The van der Waals surface area contributed by atoms with Crippen LogP contribution in [0.4, 0.5) is 0 Å². The Labute approximate surface area is 159 Å². The van der Waals surface area contributed by atoms with Crippen molar-refractivity contribution in [3.05, 3.63) is 32.8 Å². The lowest BCUT2D eigenvalue weighted by molar-refractivity contribution is 0.334. The molecule has 0 spiro atoms. The third kappa shape index (κ3) is 3.67. The number of hydrogen-bond acceptors (Lipinski definition) is 9. The van der Waals surface area contributed by atoms with Crippen LogP contribution in [-0.4, -0.2) is 47.9 Å². The molecule has 0 aliphatic rings. The van der Waals surface area contributed by atoms with Crippen LogP contribution in [0.3, 0.4) is 0 Å². The van der Waals surface area contributed by atoms with Gasteiger partial charge in [0.2, 0.25) is 0 Å². The van der Waals surface area contributed by atoms with E-state index in [9.17, 15) is 9.59 Å². The zero-order valence-electron chi connectivity index (χ0n) is 15.7. The first kappa shape index (κ1) is 19.4. The molecule has 1 atom stereocenters. The van der Waals surface area contributed by atoms with Gasteiger partial charge in [0.15, 0.2) is 0 Å². The van der Waals surface area contributed by atoms with Crippen LogP contribution in [0.25, 0.3) is 21.8 Å². The summed E-state index contributed by atoms with van der Waals surface area (Å²) in [6.07, 6.45) is 3.00. The standard InChI is InChI=1S/C16H22N10O2/c1-3-4-5-25-15(27)11-6-14-12(7-13(11)20-22-25)16(28)26(23-21-14)10(2)8-24(18)9-19-17/h6-7,9-10H,3-5,8,17-18H2,1-2H3/b19-9-/t10-/m1/s1. The number of nitrogens with two attached hydrogens (primary N) is 2. The molecule has 4 N–H and O–H groups in total. The summed E-state index contributed by atoms with van der Waals surface area (Å²) in [4.78, 5) is 25.5. The van der Waals surface area contributed by atoms with Gasteiger partial charge in [-0.25, -0.2) is 15.2 Å². The highest BCUT2D eigenvalue weighted by atomic mass is 16.1. The largest absolute Gasteiger partial charge is 0.322 e. The van der Waals surface area contributed by atoms with E-state index in [1.165, 1.54) is 32.8 Å². The molecule has 0 radical (unpaired) electrons. The molecule has 0 aliphatic heterocycles. The van der Waals surface area contributed by atoms with Gasteiger partial charge in [0, 0.05) is 6.54 Å². The van der Waals surface area contributed by atoms with Crippen molar-refractivity contribution >= 4 is 28.1 Å². The number of aromatic nitrogens is 6. The molecule has 3 aromatic rings. The molecule has 0 bridgehead atoms. The monoisotopic (exact) mass is 386 g/mol. The highest BCUT2D eigenvalue weighted by Crippen LogP contribution is 2.14. The minimum Gasteiger partial charge on any atom is -0.322 e. The number of aryl methyl sites for hydroxylation is 1. The summed E-state index contributed by atoms with van der Waals surface area (Å²) in [6, 6.07) is 2.66. The van der Waals surface area contributed by atoms with Crippen molar-refractivity contribution in [2.45, 2.75) is 39.3 Å². The molecule has 0 aliphatic carbocycles. The quantitative estimate of drug-likeness (QED) is 0.176. The van der Waals surface area contributed by atoms with Gasteiger partial charge in [-0.3, -0.25) is 14.6 Å². The third-order valence-corrected chi connectivity index (χ3v) is 4.36. The van der Waals surface area contributed by atoms with E-state index >= 15 is 0 Å². The number of hydrazine groups is 1. The van der Waals surface area contributed by atoms with Crippen LogP contribution in [0.1, 0.15) is 32.7 Å². The molecule has 0 unspecified atom stereocenters. The van der Waals surface area contributed by atoms with Gasteiger partial charge in [-0.1, -0.05) is 23.8 Å². The second-order valence-electron chi connectivity index (χ2n) is 6.51. The van der Waals surface area contributed by atoms with E-state index in [0.29, 0.717) is 28.4 Å².